The van der Waals surface area contributed by atoms with Gasteiger partial charge >= 0.3 is 0 Å². The largest absolute Gasteiger partial charge is 0.497 e. The summed E-state index contributed by atoms with van der Waals surface area (Å²) in [4.78, 5) is 32.3. The molecule has 0 saturated carbocycles. The fraction of sp³-hybridized carbons (Fsp3) is 0.375. The fourth-order valence-electron chi connectivity index (χ4n) is 5.22. The van der Waals surface area contributed by atoms with Gasteiger partial charge in [-0.05, 0) is 47.9 Å². The Kier molecular flexibility index (Phi) is 9.26. The first-order valence-corrected chi connectivity index (χ1v) is 14.0. The maximum atomic E-state index is 13.6. The van der Waals surface area contributed by atoms with Crippen LogP contribution < -0.4 is 23.8 Å². The Morgan fingerprint density at radius 3 is 2.51 bits per heavy atom. The van der Waals surface area contributed by atoms with Crippen LogP contribution in [0.2, 0.25) is 0 Å². The van der Waals surface area contributed by atoms with Crippen LogP contribution in [-0.4, -0.2) is 74.7 Å². The second-order valence-corrected chi connectivity index (χ2v) is 10.2. The summed E-state index contributed by atoms with van der Waals surface area (Å²) in [6.45, 7) is 6.11. The molecule has 0 aliphatic carbocycles. The van der Waals surface area contributed by atoms with Crippen molar-refractivity contribution in [2.75, 3.05) is 58.0 Å². The highest BCUT2D eigenvalue weighted by Gasteiger charge is 2.23. The van der Waals surface area contributed by atoms with Gasteiger partial charge in [0.15, 0.2) is 18.1 Å². The zero-order chi connectivity index (χ0) is 28.6. The molecular formula is C32H37N3O6. The average Bonchev–Trinajstić information content (AvgIpc) is 3.03. The molecule has 0 fully saturated rings. The van der Waals surface area contributed by atoms with E-state index in [1.807, 2.05) is 52.3 Å². The summed E-state index contributed by atoms with van der Waals surface area (Å²) in [5, 5.41) is 0. The smallest absolute Gasteiger partial charge is 0.260 e. The minimum atomic E-state index is -0.135. The lowest BCUT2D eigenvalue weighted by atomic mass is 10.1. The van der Waals surface area contributed by atoms with Crippen LogP contribution in [0.5, 0.6) is 23.0 Å². The molecular weight excluding hydrogens is 522 g/mol. The van der Waals surface area contributed by atoms with Gasteiger partial charge in [0.25, 0.3) is 5.91 Å². The SMILES string of the molecule is COc1cccc(CN2CCCN(C(C)=O)c3ccccc3CN(C(=O)COc3ccc4c(c3)OCCO4)CC2)c1. The number of anilines is 1. The number of para-hydroxylation sites is 1. The molecule has 0 unspecified atom stereocenters. The molecule has 0 saturated heterocycles. The highest BCUT2D eigenvalue weighted by molar-refractivity contribution is 5.92. The molecule has 0 N–H and O–H groups in total. The lowest BCUT2D eigenvalue weighted by molar-refractivity contribution is -0.134. The van der Waals surface area contributed by atoms with Crippen molar-refractivity contribution in [1.29, 1.82) is 0 Å². The maximum Gasteiger partial charge on any atom is 0.260 e. The zero-order valence-corrected chi connectivity index (χ0v) is 23.7. The summed E-state index contributed by atoms with van der Waals surface area (Å²) in [5.74, 6) is 2.49. The van der Waals surface area contributed by atoms with Gasteiger partial charge in [-0.3, -0.25) is 14.5 Å². The Labute approximate surface area is 241 Å². The van der Waals surface area contributed by atoms with Gasteiger partial charge in [-0.2, -0.15) is 0 Å². The number of nitrogens with zero attached hydrogens (tertiary/aromatic N) is 3. The quantitative estimate of drug-likeness (QED) is 0.449. The molecule has 216 valence electrons. The molecule has 2 aliphatic heterocycles. The van der Waals surface area contributed by atoms with E-state index in [1.54, 1.807) is 32.2 Å². The molecule has 3 aromatic rings. The first-order chi connectivity index (χ1) is 20.0. The van der Waals surface area contributed by atoms with Gasteiger partial charge in [-0.25, -0.2) is 0 Å². The van der Waals surface area contributed by atoms with E-state index in [-0.39, 0.29) is 18.4 Å². The van der Waals surface area contributed by atoms with Crippen LogP contribution in [0.1, 0.15) is 24.5 Å². The van der Waals surface area contributed by atoms with Crippen molar-refractivity contribution in [3.63, 3.8) is 0 Å². The Balaban J connectivity index is 1.35. The van der Waals surface area contributed by atoms with Gasteiger partial charge in [-0.1, -0.05) is 30.3 Å². The molecule has 5 rings (SSSR count). The van der Waals surface area contributed by atoms with Crippen LogP contribution in [0.3, 0.4) is 0 Å². The van der Waals surface area contributed by atoms with Crippen LogP contribution in [-0.2, 0) is 22.7 Å². The highest BCUT2D eigenvalue weighted by atomic mass is 16.6. The van der Waals surface area contributed by atoms with Crippen LogP contribution in [0, 0.1) is 0 Å². The van der Waals surface area contributed by atoms with Crippen LogP contribution in [0.15, 0.2) is 66.7 Å². The number of methoxy groups -OCH3 is 1. The number of carbonyl (C=O) groups excluding carboxylic acids is 2. The van der Waals surface area contributed by atoms with Gasteiger partial charge in [0.1, 0.15) is 24.7 Å². The normalized spacial score (nSPS) is 15.9. The van der Waals surface area contributed by atoms with Crippen molar-refractivity contribution in [3.05, 3.63) is 77.9 Å². The number of rotatable bonds is 6. The molecule has 2 aliphatic rings. The molecule has 41 heavy (non-hydrogen) atoms. The third-order valence-corrected chi connectivity index (χ3v) is 7.33. The second-order valence-electron chi connectivity index (χ2n) is 10.2. The van der Waals surface area contributed by atoms with E-state index in [1.165, 1.54) is 0 Å². The van der Waals surface area contributed by atoms with E-state index in [9.17, 15) is 9.59 Å². The molecule has 2 amide bonds. The van der Waals surface area contributed by atoms with Crippen molar-refractivity contribution in [3.8, 4) is 23.0 Å². The Morgan fingerprint density at radius 1 is 0.854 bits per heavy atom. The topological polar surface area (TPSA) is 80.8 Å². The minimum absolute atomic E-state index is 0.0177. The van der Waals surface area contributed by atoms with Gasteiger partial charge in [0, 0.05) is 57.9 Å². The Bertz CT molecular complexity index is 1360. The van der Waals surface area contributed by atoms with Crippen molar-refractivity contribution >= 4 is 17.5 Å². The average molecular weight is 560 g/mol. The zero-order valence-electron chi connectivity index (χ0n) is 23.7. The summed E-state index contributed by atoms with van der Waals surface area (Å²) in [7, 11) is 1.66. The number of ether oxygens (including phenoxy) is 4. The number of hydrogen-bond donors (Lipinski definition) is 0. The Morgan fingerprint density at radius 2 is 1.68 bits per heavy atom. The predicted octanol–water partition coefficient (Wildman–Crippen LogP) is 4.13. The highest BCUT2D eigenvalue weighted by Crippen LogP contribution is 2.33. The first kappa shape index (κ1) is 28.3. The van der Waals surface area contributed by atoms with Crippen LogP contribution >= 0.6 is 0 Å². The minimum Gasteiger partial charge on any atom is -0.497 e. The second kappa shape index (κ2) is 13.4. The van der Waals surface area contributed by atoms with Gasteiger partial charge in [0.2, 0.25) is 5.91 Å². The van der Waals surface area contributed by atoms with Crippen molar-refractivity contribution < 1.29 is 28.5 Å². The maximum absolute atomic E-state index is 13.6. The summed E-state index contributed by atoms with van der Waals surface area (Å²) < 4.78 is 22.6. The number of carbonyl (C=O) groups is 2. The first-order valence-electron chi connectivity index (χ1n) is 14.0. The van der Waals surface area contributed by atoms with E-state index in [0.717, 1.165) is 35.5 Å². The summed E-state index contributed by atoms with van der Waals surface area (Å²) in [6.07, 6.45) is 0.805. The monoisotopic (exact) mass is 559 g/mol. The molecule has 2 heterocycles. The number of benzene rings is 3. The molecule has 0 aromatic heterocycles. The summed E-state index contributed by atoms with van der Waals surface area (Å²) in [5.41, 5.74) is 2.90. The third-order valence-electron chi connectivity index (χ3n) is 7.33. The lowest BCUT2D eigenvalue weighted by Crippen LogP contribution is -2.40. The standard InChI is InChI=1S/C32H37N3O6/c1-24(36)35-14-6-13-33(21-25-7-5-9-27(19-25)38-2)15-16-34(22-26-8-3-4-10-29(26)35)32(37)23-41-28-11-12-30-31(20-28)40-18-17-39-30/h3-5,7-12,19-20H,6,13-18,21-23H2,1-2H3. The van der Waals surface area contributed by atoms with E-state index in [0.29, 0.717) is 63.2 Å². The van der Waals surface area contributed by atoms with E-state index in [4.69, 9.17) is 18.9 Å². The van der Waals surface area contributed by atoms with Gasteiger partial charge in [0.05, 0.1) is 7.11 Å². The van der Waals surface area contributed by atoms with Crippen LogP contribution in [0.4, 0.5) is 5.69 Å². The molecule has 0 atom stereocenters. The summed E-state index contributed by atoms with van der Waals surface area (Å²) in [6, 6.07) is 21.2. The Hall–Kier alpha value is -4.24. The summed E-state index contributed by atoms with van der Waals surface area (Å²) >= 11 is 0. The van der Waals surface area contributed by atoms with E-state index in [2.05, 4.69) is 11.0 Å². The van der Waals surface area contributed by atoms with Crippen LogP contribution in [0.25, 0.3) is 0 Å². The number of amides is 2. The molecule has 3 aromatic carbocycles. The molecule has 9 nitrogen and oxygen atoms in total. The van der Waals surface area contributed by atoms with Crippen molar-refractivity contribution in [1.82, 2.24) is 9.80 Å². The molecule has 0 radical (unpaired) electrons. The third kappa shape index (κ3) is 7.29. The number of fused-ring (bicyclic) bond motifs is 2. The van der Waals surface area contributed by atoms with Gasteiger partial charge < -0.3 is 28.7 Å². The van der Waals surface area contributed by atoms with E-state index >= 15 is 0 Å². The molecule has 9 heteroatoms. The predicted molar refractivity (Wildman–Crippen MR) is 156 cm³/mol. The molecule has 0 spiro atoms. The van der Waals surface area contributed by atoms with Crippen molar-refractivity contribution in [2.45, 2.75) is 26.4 Å². The fourth-order valence-corrected chi connectivity index (χ4v) is 5.22. The molecule has 0 bridgehead atoms. The van der Waals surface area contributed by atoms with Gasteiger partial charge in [-0.15, -0.1) is 0 Å². The van der Waals surface area contributed by atoms with E-state index < -0.39 is 0 Å². The van der Waals surface area contributed by atoms with Crippen molar-refractivity contribution in [2.24, 2.45) is 0 Å². The number of hydrogen-bond acceptors (Lipinski definition) is 7. The lowest BCUT2D eigenvalue weighted by Gasteiger charge is -2.28.